The van der Waals surface area contributed by atoms with E-state index in [0.717, 1.165) is 30.4 Å². The van der Waals surface area contributed by atoms with Crippen LogP contribution < -0.4 is 10.5 Å². The third-order valence-electron chi connectivity index (χ3n) is 4.85. The molecule has 0 amide bonds. The monoisotopic (exact) mass is 277 g/mol. The SMILES string of the molecule is NC1C2CCCCCC1c1cc(OC=O)cc(F)c1C2. The highest BCUT2D eigenvalue weighted by molar-refractivity contribution is 5.49. The van der Waals surface area contributed by atoms with E-state index in [1.54, 1.807) is 6.07 Å². The van der Waals surface area contributed by atoms with Crippen LogP contribution in [-0.2, 0) is 11.2 Å². The van der Waals surface area contributed by atoms with E-state index in [0.29, 0.717) is 18.8 Å². The standard InChI is InChI=1S/C16H20FNO2/c17-15-8-11(20-9-19)7-13-12-5-3-1-2-4-10(16(12)18)6-14(13)15/h7-10,12,16H,1-6,18H2. The fourth-order valence-corrected chi connectivity index (χ4v) is 3.83. The molecule has 0 saturated heterocycles. The molecule has 1 saturated carbocycles. The molecule has 3 atom stereocenters. The summed E-state index contributed by atoms with van der Waals surface area (Å²) < 4.78 is 19.1. The molecular formula is C16H20FNO2. The van der Waals surface area contributed by atoms with Gasteiger partial charge in [-0.1, -0.05) is 19.3 Å². The number of halogens is 1. The Bertz CT molecular complexity index is 517. The van der Waals surface area contributed by atoms with Gasteiger partial charge in [-0.05, 0) is 48.3 Å². The quantitative estimate of drug-likeness (QED) is 0.846. The van der Waals surface area contributed by atoms with E-state index >= 15 is 0 Å². The van der Waals surface area contributed by atoms with Gasteiger partial charge in [0.05, 0.1) is 0 Å². The average molecular weight is 277 g/mol. The minimum atomic E-state index is -0.262. The van der Waals surface area contributed by atoms with Crippen molar-refractivity contribution < 1.29 is 13.9 Å². The molecule has 4 heteroatoms. The molecule has 1 aromatic carbocycles. The van der Waals surface area contributed by atoms with Crippen LogP contribution in [0.15, 0.2) is 12.1 Å². The smallest absolute Gasteiger partial charge is 0.298 e. The Hall–Kier alpha value is -1.42. The molecule has 3 unspecified atom stereocenters. The molecule has 3 rings (SSSR count). The number of nitrogens with two attached hydrogens (primary N) is 1. The second-order valence-electron chi connectivity index (χ2n) is 5.97. The second kappa shape index (κ2) is 5.52. The lowest BCUT2D eigenvalue weighted by molar-refractivity contribution is -0.120. The summed E-state index contributed by atoms with van der Waals surface area (Å²) in [6.45, 7) is 0.338. The zero-order valence-corrected chi connectivity index (χ0v) is 11.5. The Morgan fingerprint density at radius 2 is 2.05 bits per heavy atom. The van der Waals surface area contributed by atoms with E-state index in [4.69, 9.17) is 10.5 Å². The van der Waals surface area contributed by atoms with Crippen molar-refractivity contribution in [2.24, 2.45) is 11.7 Å². The number of fused-ring (bicyclic) bond motifs is 4. The molecule has 1 aromatic rings. The van der Waals surface area contributed by atoms with Crippen molar-refractivity contribution in [2.45, 2.75) is 50.5 Å². The van der Waals surface area contributed by atoms with Gasteiger partial charge in [0, 0.05) is 12.1 Å². The zero-order chi connectivity index (χ0) is 14.1. The van der Waals surface area contributed by atoms with Gasteiger partial charge in [0.15, 0.2) is 0 Å². The molecule has 1 fully saturated rings. The van der Waals surface area contributed by atoms with Gasteiger partial charge in [-0.25, -0.2) is 4.39 Å². The van der Waals surface area contributed by atoms with Gasteiger partial charge >= 0.3 is 0 Å². The summed E-state index contributed by atoms with van der Waals surface area (Å²) in [5, 5.41) is 0. The molecule has 2 aliphatic carbocycles. The Labute approximate surface area is 118 Å². The lowest BCUT2D eigenvalue weighted by atomic mass is 9.68. The van der Waals surface area contributed by atoms with Crippen molar-refractivity contribution in [2.75, 3.05) is 0 Å². The molecule has 108 valence electrons. The predicted molar refractivity (Wildman–Crippen MR) is 74.1 cm³/mol. The van der Waals surface area contributed by atoms with Crippen molar-refractivity contribution in [1.82, 2.24) is 0 Å². The van der Waals surface area contributed by atoms with Gasteiger partial charge in [-0.2, -0.15) is 0 Å². The highest BCUT2D eigenvalue weighted by Gasteiger charge is 2.36. The lowest BCUT2D eigenvalue weighted by Crippen LogP contribution is -2.42. The Morgan fingerprint density at radius 3 is 2.85 bits per heavy atom. The summed E-state index contributed by atoms with van der Waals surface area (Å²) in [4.78, 5) is 10.5. The topological polar surface area (TPSA) is 52.3 Å². The van der Waals surface area contributed by atoms with Crippen LogP contribution >= 0.6 is 0 Å². The minimum Gasteiger partial charge on any atom is -0.429 e. The van der Waals surface area contributed by atoms with Crippen molar-refractivity contribution in [3.63, 3.8) is 0 Å². The third-order valence-corrected chi connectivity index (χ3v) is 4.85. The van der Waals surface area contributed by atoms with Gasteiger partial charge in [0.1, 0.15) is 11.6 Å². The number of hydrogen-bond donors (Lipinski definition) is 1. The molecule has 3 nitrogen and oxygen atoms in total. The van der Waals surface area contributed by atoms with Crippen LogP contribution in [0.1, 0.15) is 49.1 Å². The van der Waals surface area contributed by atoms with Crippen molar-refractivity contribution in [1.29, 1.82) is 0 Å². The first-order valence-electron chi connectivity index (χ1n) is 7.39. The fourth-order valence-electron chi connectivity index (χ4n) is 3.83. The zero-order valence-electron chi connectivity index (χ0n) is 11.5. The second-order valence-corrected chi connectivity index (χ2v) is 5.97. The number of carbonyl (C=O) groups excluding carboxylic acids is 1. The van der Waals surface area contributed by atoms with Crippen molar-refractivity contribution >= 4 is 6.47 Å². The van der Waals surface area contributed by atoms with Crippen molar-refractivity contribution in [3.05, 3.63) is 29.1 Å². The molecule has 0 aliphatic heterocycles. The van der Waals surface area contributed by atoms with Gasteiger partial charge < -0.3 is 10.5 Å². The molecule has 0 radical (unpaired) electrons. The van der Waals surface area contributed by atoms with E-state index < -0.39 is 0 Å². The normalized spacial score (nSPS) is 29.0. The Balaban J connectivity index is 2.04. The number of rotatable bonds is 2. The van der Waals surface area contributed by atoms with Gasteiger partial charge in [0.25, 0.3) is 6.47 Å². The highest BCUT2D eigenvalue weighted by atomic mass is 19.1. The summed E-state index contributed by atoms with van der Waals surface area (Å²) in [6, 6.07) is 3.20. The average Bonchev–Trinajstić information content (AvgIpc) is 2.42. The van der Waals surface area contributed by atoms with E-state index in [1.807, 2.05) is 0 Å². The summed E-state index contributed by atoms with van der Waals surface area (Å²) in [5.74, 6) is 0.583. The summed E-state index contributed by atoms with van der Waals surface area (Å²) in [5.41, 5.74) is 8.14. The van der Waals surface area contributed by atoms with Crippen LogP contribution in [-0.4, -0.2) is 12.5 Å². The first kappa shape index (κ1) is 13.6. The number of ether oxygens (including phenoxy) is 1. The number of hydrogen-bond acceptors (Lipinski definition) is 3. The molecule has 2 bridgehead atoms. The van der Waals surface area contributed by atoms with Crippen LogP contribution in [0.4, 0.5) is 4.39 Å². The van der Waals surface area contributed by atoms with E-state index in [-0.39, 0.29) is 23.5 Å². The minimum absolute atomic E-state index is 0.0914. The number of benzene rings is 1. The summed E-state index contributed by atoms with van der Waals surface area (Å²) >= 11 is 0. The maximum atomic E-state index is 14.3. The Morgan fingerprint density at radius 1 is 1.25 bits per heavy atom. The molecule has 0 spiro atoms. The van der Waals surface area contributed by atoms with E-state index in [9.17, 15) is 9.18 Å². The van der Waals surface area contributed by atoms with Crippen LogP contribution in [0.2, 0.25) is 0 Å². The molecule has 2 aliphatic rings. The first-order chi connectivity index (χ1) is 9.70. The molecule has 20 heavy (non-hydrogen) atoms. The van der Waals surface area contributed by atoms with Gasteiger partial charge in [0.2, 0.25) is 0 Å². The van der Waals surface area contributed by atoms with Crippen LogP contribution in [0, 0.1) is 11.7 Å². The van der Waals surface area contributed by atoms with Gasteiger partial charge in [-0.3, -0.25) is 4.79 Å². The fraction of sp³-hybridized carbons (Fsp3) is 0.562. The van der Waals surface area contributed by atoms with Crippen LogP contribution in [0.5, 0.6) is 5.75 Å². The third kappa shape index (κ3) is 2.33. The molecule has 0 heterocycles. The van der Waals surface area contributed by atoms with Crippen molar-refractivity contribution in [3.8, 4) is 5.75 Å². The van der Waals surface area contributed by atoms with Crippen LogP contribution in [0.3, 0.4) is 0 Å². The summed E-state index contributed by atoms with van der Waals surface area (Å²) in [6.07, 6.45) is 6.33. The first-order valence-corrected chi connectivity index (χ1v) is 7.39. The molecular weight excluding hydrogens is 257 g/mol. The predicted octanol–water partition coefficient (Wildman–Crippen LogP) is 2.91. The van der Waals surface area contributed by atoms with Gasteiger partial charge in [-0.15, -0.1) is 0 Å². The van der Waals surface area contributed by atoms with Crippen LogP contribution in [0.25, 0.3) is 0 Å². The summed E-state index contributed by atoms with van der Waals surface area (Å²) in [7, 11) is 0. The highest BCUT2D eigenvalue weighted by Crippen LogP contribution is 2.43. The van der Waals surface area contributed by atoms with E-state index in [1.165, 1.54) is 18.9 Å². The molecule has 2 N–H and O–H groups in total. The number of carbonyl (C=O) groups is 1. The molecule has 0 aromatic heterocycles. The maximum Gasteiger partial charge on any atom is 0.298 e. The van der Waals surface area contributed by atoms with E-state index in [2.05, 4.69) is 0 Å². The maximum absolute atomic E-state index is 14.3. The largest absolute Gasteiger partial charge is 0.429 e. The Kier molecular flexibility index (Phi) is 3.74. The lowest BCUT2D eigenvalue weighted by Gasteiger charge is -2.39.